The van der Waals surface area contributed by atoms with Gasteiger partial charge in [0, 0.05) is 28.3 Å². The second kappa shape index (κ2) is 6.05. The smallest absolute Gasteiger partial charge is 0.275 e. The number of benzene rings is 2. The van der Waals surface area contributed by atoms with E-state index in [4.69, 9.17) is 0 Å². The highest BCUT2D eigenvalue weighted by molar-refractivity contribution is 9.10. The number of aryl methyl sites for hydroxylation is 2. The second-order valence-electron chi connectivity index (χ2n) is 4.76. The Kier molecular flexibility index (Phi) is 4.39. The highest BCUT2D eigenvalue weighted by atomic mass is 79.9. The maximum absolute atomic E-state index is 11.1. The summed E-state index contributed by atoms with van der Waals surface area (Å²) in [6.07, 6.45) is 0. The van der Waals surface area contributed by atoms with E-state index in [-0.39, 0.29) is 10.6 Å². The van der Waals surface area contributed by atoms with Crippen LogP contribution in [0.1, 0.15) is 16.7 Å². The minimum absolute atomic E-state index is 0.122. The summed E-state index contributed by atoms with van der Waals surface area (Å²) in [5.74, 6) is 0. The van der Waals surface area contributed by atoms with E-state index in [9.17, 15) is 10.1 Å². The van der Waals surface area contributed by atoms with E-state index < -0.39 is 0 Å². The molecule has 20 heavy (non-hydrogen) atoms. The van der Waals surface area contributed by atoms with Crippen LogP contribution in [-0.4, -0.2) is 4.92 Å². The molecule has 0 fully saturated rings. The normalized spacial score (nSPS) is 10.3. The van der Waals surface area contributed by atoms with Gasteiger partial charge in [0.05, 0.1) is 4.92 Å². The quantitative estimate of drug-likeness (QED) is 0.657. The van der Waals surface area contributed by atoms with Crippen LogP contribution in [0.4, 0.5) is 11.4 Å². The first kappa shape index (κ1) is 14.5. The van der Waals surface area contributed by atoms with Crippen molar-refractivity contribution in [3.05, 3.63) is 67.7 Å². The highest BCUT2D eigenvalue weighted by Crippen LogP contribution is 2.24. The van der Waals surface area contributed by atoms with Gasteiger partial charge in [0.2, 0.25) is 0 Å². The van der Waals surface area contributed by atoms with Gasteiger partial charge in [-0.05, 0) is 49.2 Å². The number of rotatable bonds is 4. The van der Waals surface area contributed by atoms with Crippen molar-refractivity contribution in [3.63, 3.8) is 0 Å². The summed E-state index contributed by atoms with van der Waals surface area (Å²) in [6, 6.07) is 11.2. The van der Waals surface area contributed by atoms with Crippen LogP contribution >= 0.6 is 15.9 Å². The van der Waals surface area contributed by atoms with Gasteiger partial charge in [-0.2, -0.15) is 0 Å². The predicted octanol–water partition coefficient (Wildman–Crippen LogP) is 4.59. The molecule has 0 aliphatic carbocycles. The maximum atomic E-state index is 11.1. The number of nitro benzene ring substituents is 1. The predicted molar refractivity (Wildman–Crippen MR) is 84.0 cm³/mol. The first-order valence-electron chi connectivity index (χ1n) is 6.20. The second-order valence-corrected chi connectivity index (χ2v) is 5.68. The van der Waals surface area contributed by atoms with Crippen LogP contribution < -0.4 is 5.32 Å². The fourth-order valence-corrected chi connectivity index (χ4v) is 2.48. The minimum Gasteiger partial charge on any atom is -0.381 e. The molecule has 0 radical (unpaired) electrons. The zero-order chi connectivity index (χ0) is 14.7. The van der Waals surface area contributed by atoms with E-state index in [0.29, 0.717) is 16.6 Å². The highest BCUT2D eigenvalue weighted by Gasteiger charge is 2.13. The number of hydrogen-bond acceptors (Lipinski definition) is 3. The van der Waals surface area contributed by atoms with Gasteiger partial charge < -0.3 is 5.32 Å². The van der Waals surface area contributed by atoms with E-state index in [1.54, 1.807) is 6.07 Å². The van der Waals surface area contributed by atoms with Gasteiger partial charge in [-0.15, -0.1) is 0 Å². The van der Waals surface area contributed by atoms with Crippen molar-refractivity contribution in [2.24, 2.45) is 0 Å². The van der Waals surface area contributed by atoms with Gasteiger partial charge in [0.15, 0.2) is 0 Å². The Bertz CT molecular complexity index is 636. The van der Waals surface area contributed by atoms with Crippen LogP contribution in [0, 0.1) is 24.0 Å². The maximum Gasteiger partial charge on any atom is 0.275 e. The van der Waals surface area contributed by atoms with Crippen molar-refractivity contribution in [1.29, 1.82) is 0 Å². The number of hydrogen-bond donors (Lipinski definition) is 1. The van der Waals surface area contributed by atoms with E-state index in [1.165, 1.54) is 6.07 Å². The standard InChI is InChI=1S/C15H15BrN2O2/c1-10-5-11(2)7-14(6-10)17-9-12-3-4-13(16)8-15(12)18(19)20/h3-8,17H,9H2,1-2H3. The fraction of sp³-hybridized carbons (Fsp3) is 0.200. The average Bonchev–Trinajstić information content (AvgIpc) is 2.36. The van der Waals surface area contributed by atoms with Crippen molar-refractivity contribution >= 4 is 27.3 Å². The lowest BCUT2D eigenvalue weighted by molar-refractivity contribution is -0.385. The molecular formula is C15H15BrN2O2. The molecule has 0 aromatic heterocycles. The molecule has 0 saturated heterocycles. The molecule has 0 amide bonds. The summed E-state index contributed by atoms with van der Waals surface area (Å²) < 4.78 is 0.708. The number of halogens is 1. The number of nitrogens with one attached hydrogen (secondary N) is 1. The molecule has 1 N–H and O–H groups in total. The molecule has 0 aliphatic rings. The molecule has 2 aromatic carbocycles. The fourth-order valence-electron chi connectivity index (χ4n) is 2.13. The van der Waals surface area contributed by atoms with Gasteiger partial charge in [-0.1, -0.05) is 22.0 Å². The molecule has 0 unspecified atom stereocenters. The molecule has 0 heterocycles. The molecule has 2 aromatic rings. The van der Waals surface area contributed by atoms with Gasteiger partial charge in [0.25, 0.3) is 5.69 Å². The van der Waals surface area contributed by atoms with Crippen molar-refractivity contribution in [1.82, 2.24) is 0 Å². The minimum atomic E-state index is -0.358. The van der Waals surface area contributed by atoms with Crippen LogP contribution in [0.25, 0.3) is 0 Å². The molecule has 0 aliphatic heterocycles. The van der Waals surface area contributed by atoms with Crippen molar-refractivity contribution in [3.8, 4) is 0 Å². The first-order valence-corrected chi connectivity index (χ1v) is 7.00. The zero-order valence-electron chi connectivity index (χ0n) is 11.3. The zero-order valence-corrected chi connectivity index (χ0v) is 12.9. The third-order valence-corrected chi connectivity index (χ3v) is 3.44. The molecule has 4 nitrogen and oxygen atoms in total. The number of nitro groups is 1. The summed E-state index contributed by atoms with van der Waals surface area (Å²) in [5.41, 5.74) is 4.09. The Morgan fingerprint density at radius 3 is 2.40 bits per heavy atom. The molecule has 0 saturated carbocycles. The molecule has 0 spiro atoms. The number of anilines is 1. The lowest BCUT2D eigenvalue weighted by atomic mass is 10.1. The van der Waals surface area contributed by atoms with E-state index >= 15 is 0 Å². The Hall–Kier alpha value is -1.88. The van der Waals surface area contributed by atoms with E-state index in [0.717, 1.165) is 16.8 Å². The molecule has 0 atom stereocenters. The van der Waals surface area contributed by atoms with Crippen molar-refractivity contribution in [2.75, 3.05) is 5.32 Å². The summed E-state index contributed by atoms with van der Waals surface area (Å²) in [7, 11) is 0. The van der Waals surface area contributed by atoms with Gasteiger partial charge in [-0.25, -0.2) is 0 Å². The Balaban J connectivity index is 2.20. The third-order valence-electron chi connectivity index (χ3n) is 2.95. The SMILES string of the molecule is Cc1cc(C)cc(NCc2ccc(Br)cc2[N+](=O)[O-])c1. The molecular weight excluding hydrogens is 320 g/mol. The molecule has 104 valence electrons. The van der Waals surface area contributed by atoms with Crippen LogP contribution in [0.2, 0.25) is 0 Å². The summed E-state index contributed by atoms with van der Waals surface area (Å²) >= 11 is 3.25. The third kappa shape index (κ3) is 3.57. The molecule has 0 bridgehead atoms. The van der Waals surface area contributed by atoms with E-state index in [2.05, 4.69) is 27.3 Å². The van der Waals surface area contributed by atoms with Crippen molar-refractivity contribution < 1.29 is 4.92 Å². The van der Waals surface area contributed by atoms with E-state index in [1.807, 2.05) is 32.0 Å². The summed E-state index contributed by atoms with van der Waals surface area (Å²) in [5, 5.41) is 14.3. The number of nitrogens with zero attached hydrogens (tertiary/aromatic N) is 1. The van der Waals surface area contributed by atoms with Crippen LogP contribution in [0.15, 0.2) is 40.9 Å². The summed E-state index contributed by atoms with van der Waals surface area (Å²) in [4.78, 5) is 10.7. The van der Waals surface area contributed by atoms with Crippen LogP contribution in [0.5, 0.6) is 0 Å². The molecule has 2 rings (SSSR count). The Labute approximate surface area is 126 Å². The van der Waals surface area contributed by atoms with Crippen molar-refractivity contribution in [2.45, 2.75) is 20.4 Å². The van der Waals surface area contributed by atoms with Crippen LogP contribution in [0.3, 0.4) is 0 Å². The lowest BCUT2D eigenvalue weighted by Crippen LogP contribution is -2.03. The van der Waals surface area contributed by atoms with Crippen LogP contribution in [-0.2, 0) is 6.54 Å². The summed E-state index contributed by atoms with van der Waals surface area (Å²) in [6.45, 7) is 4.48. The van der Waals surface area contributed by atoms with Gasteiger partial charge in [-0.3, -0.25) is 10.1 Å². The Morgan fingerprint density at radius 1 is 1.15 bits per heavy atom. The largest absolute Gasteiger partial charge is 0.381 e. The Morgan fingerprint density at radius 2 is 1.80 bits per heavy atom. The average molecular weight is 335 g/mol. The monoisotopic (exact) mass is 334 g/mol. The van der Waals surface area contributed by atoms with Gasteiger partial charge >= 0.3 is 0 Å². The first-order chi connectivity index (χ1) is 9.45. The molecule has 5 heteroatoms. The van der Waals surface area contributed by atoms with Gasteiger partial charge in [0.1, 0.15) is 0 Å². The topological polar surface area (TPSA) is 55.2 Å². The lowest BCUT2D eigenvalue weighted by Gasteiger charge is -2.09.